The Hall–Kier alpha value is -0.930. The summed E-state index contributed by atoms with van der Waals surface area (Å²) < 4.78 is 0. The molecule has 19 heavy (non-hydrogen) atoms. The summed E-state index contributed by atoms with van der Waals surface area (Å²) in [6, 6.07) is 2.06. The van der Waals surface area contributed by atoms with Gasteiger partial charge in [0, 0.05) is 18.0 Å². The predicted molar refractivity (Wildman–Crippen MR) is 78.1 cm³/mol. The van der Waals surface area contributed by atoms with Crippen molar-refractivity contribution in [2.24, 2.45) is 0 Å². The first-order chi connectivity index (χ1) is 9.14. The van der Waals surface area contributed by atoms with Crippen LogP contribution in [0.5, 0.6) is 0 Å². The topological polar surface area (TPSA) is 36.4 Å². The second kappa shape index (κ2) is 6.02. The number of pyridine rings is 1. The van der Waals surface area contributed by atoms with Crippen LogP contribution in [0.25, 0.3) is 0 Å². The Labute approximate surface area is 116 Å². The number of aliphatic hydroxyl groups is 1. The summed E-state index contributed by atoms with van der Waals surface area (Å²) in [5, 5.41) is 10.9. The van der Waals surface area contributed by atoms with Crippen molar-refractivity contribution in [2.75, 3.05) is 13.1 Å². The van der Waals surface area contributed by atoms with Gasteiger partial charge in [0.25, 0.3) is 0 Å². The molecule has 1 fully saturated rings. The van der Waals surface area contributed by atoms with Crippen LogP contribution < -0.4 is 0 Å². The first kappa shape index (κ1) is 14.5. The summed E-state index contributed by atoms with van der Waals surface area (Å²) in [5.41, 5.74) is 1.93. The quantitative estimate of drug-likeness (QED) is 0.886. The highest BCUT2D eigenvalue weighted by Crippen LogP contribution is 2.39. The van der Waals surface area contributed by atoms with Crippen LogP contribution in [-0.4, -0.2) is 33.6 Å². The van der Waals surface area contributed by atoms with Gasteiger partial charge in [-0.25, -0.2) is 0 Å². The molecule has 0 radical (unpaired) electrons. The van der Waals surface area contributed by atoms with Gasteiger partial charge in [-0.2, -0.15) is 0 Å². The predicted octanol–water partition coefficient (Wildman–Crippen LogP) is 3.08. The molecule has 106 valence electrons. The maximum absolute atomic E-state index is 10.9. The largest absolute Gasteiger partial charge is 0.386 e. The molecule has 1 aliphatic rings. The average Bonchev–Trinajstić information content (AvgIpc) is 2.95. The van der Waals surface area contributed by atoms with E-state index in [1.807, 2.05) is 19.3 Å². The summed E-state index contributed by atoms with van der Waals surface area (Å²) in [4.78, 5) is 6.72. The Morgan fingerprint density at radius 2 is 1.89 bits per heavy atom. The molecule has 3 nitrogen and oxygen atoms in total. The fourth-order valence-corrected chi connectivity index (χ4v) is 3.46. The molecule has 1 unspecified atom stereocenters. The van der Waals surface area contributed by atoms with E-state index in [1.54, 1.807) is 0 Å². The molecule has 1 aliphatic heterocycles. The zero-order chi connectivity index (χ0) is 13.9. The van der Waals surface area contributed by atoms with Crippen molar-refractivity contribution in [3.8, 4) is 0 Å². The van der Waals surface area contributed by atoms with E-state index in [-0.39, 0.29) is 5.54 Å². The van der Waals surface area contributed by atoms with E-state index in [1.165, 1.54) is 12.8 Å². The number of hydrogen-bond acceptors (Lipinski definition) is 3. The normalized spacial score (nSPS) is 18.7. The van der Waals surface area contributed by atoms with Gasteiger partial charge >= 0.3 is 0 Å². The number of aromatic nitrogens is 1. The lowest BCUT2D eigenvalue weighted by Crippen LogP contribution is -2.51. The minimum Gasteiger partial charge on any atom is -0.386 e. The first-order valence-electron chi connectivity index (χ1n) is 7.48. The lowest BCUT2D eigenvalue weighted by Gasteiger charge is -2.44. The van der Waals surface area contributed by atoms with Crippen LogP contribution in [0.15, 0.2) is 18.5 Å². The second-order valence-corrected chi connectivity index (χ2v) is 5.70. The molecule has 2 rings (SSSR count). The maximum Gasteiger partial charge on any atom is 0.0988 e. The van der Waals surface area contributed by atoms with E-state index < -0.39 is 6.10 Å². The van der Waals surface area contributed by atoms with Crippen LogP contribution in [0, 0.1) is 6.92 Å². The zero-order valence-electron chi connectivity index (χ0n) is 12.4. The van der Waals surface area contributed by atoms with Gasteiger partial charge in [-0.3, -0.25) is 9.88 Å². The summed E-state index contributed by atoms with van der Waals surface area (Å²) in [7, 11) is 0. The van der Waals surface area contributed by atoms with Crippen LogP contribution in [0.2, 0.25) is 0 Å². The van der Waals surface area contributed by atoms with Gasteiger partial charge in [0.1, 0.15) is 0 Å². The second-order valence-electron chi connectivity index (χ2n) is 5.70. The van der Waals surface area contributed by atoms with E-state index >= 15 is 0 Å². The fourth-order valence-electron chi connectivity index (χ4n) is 3.46. The number of hydrogen-bond donors (Lipinski definition) is 1. The number of aryl methyl sites for hydroxylation is 1. The molecule has 1 aromatic rings. The molecule has 1 atom stereocenters. The van der Waals surface area contributed by atoms with Crippen molar-refractivity contribution in [3.63, 3.8) is 0 Å². The van der Waals surface area contributed by atoms with E-state index in [4.69, 9.17) is 0 Å². The van der Waals surface area contributed by atoms with E-state index in [0.717, 1.165) is 37.1 Å². The molecule has 3 heteroatoms. The third-order valence-corrected chi connectivity index (χ3v) is 4.68. The minimum atomic E-state index is -0.451. The lowest BCUT2D eigenvalue weighted by molar-refractivity contribution is -0.0296. The van der Waals surface area contributed by atoms with E-state index in [2.05, 4.69) is 29.8 Å². The van der Waals surface area contributed by atoms with Crippen molar-refractivity contribution >= 4 is 0 Å². The molecule has 0 saturated carbocycles. The fraction of sp³-hybridized carbons (Fsp3) is 0.688. The SMILES string of the molecule is CCC(CC)(C(O)c1cncc(C)c1)N1CCCC1. The molecule has 0 aromatic carbocycles. The molecule has 1 saturated heterocycles. The van der Waals surface area contributed by atoms with Crippen molar-refractivity contribution in [1.82, 2.24) is 9.88 Å². The molecule has 0 spiro atoms. The van der Waals surface area contributed by atoms with Gasteiger partial charge in [0.15, 0.2) is 0 Å². The first-order valence-corrected chi connectivity index (χ1v) is 7.48. The molecule has 1 N–H and O–H groups in total. The van der Waals surface area contributed by atoms with Crippen molar-refractivity contribution in [2.45, 2.75) is 58.1 Å². The molecule has 0 bridgehead atoms. The number of rotatable bonds is 5. The van der Waals surface area contributed by atoms with Crippen LogP contribution in [0.4, 0.5) is 0 Å². The Kier molecular flexibility index (Phi) is 4.58. The molecule has 1 aromatic heterocycles. The lowest BCUT2D eigenvalue weighted by atomic mass is 9.81. The van der Waals surface area contributed by atoms with Gasteiger partial charge in [0.05, 0.1) is 11.6 Å². The molecule has 0 amide bonds. The standard InChI is InChI=1S/C16H26N2O/c1-4-16(5-2,18-8-6-7-9-18)15(19)14-10-13(3)11-17-12-14/h10-12,15,19H,4-9H2,1-3H3. The highest BCUT2D eigenvalue weighted by Gasteiger charge is 2.42. The van der Waals surface area contributed by atoms with Crippen molar-refractivity contribution in [1.29, 1.82) is 0 Å². The monoisotopic (exact) mass is 262 g/mol. The van der Waals surface area contributed by atoms with Crippen molar-refractivity contribution in [3.05, 3.63) is 29.6 Å². The number of aliphatic hydroxyl groups excluding tert-OH is 1. The Morgan fingerprint density at radius 3 is 2.42 bits per heavy atom. The summed E-state index contributed by atoms with van der Waals surface area (Å²) in [5.74, 6) is 0. The minimum absolute atomic E-state index is 0.133. The average molecular weight is 262 g/mol. The molecular formula is C16H26N2O. The van der Waals surface area contributed by atoms with Crippen LogP contribution in [0.3, 0.4) is 0 Å². The summed E-state index contributed by atoms with van der Waals surface area (Å²) >= 11 is 0. The third-order valence-electron chi connectivity index (χ3n) is 4.68. The van der Waals surface area contributed by atoms with Crippen LogP contribution in [-0.2, 0) is 0 Å². The third kappa shape index (κ3) is 2.67. The Bertz CT molecular complexity index is 409. The van der Waals surface area contributed by atoms with E-state index in [9.17, 15) is 5.11 Å². The van der Waals surface area contributed by atoms with E-state index in [0.29, 0.717) is 0 Å². The maximum atomic E-state index is 10.9. The molecule has 0 aliphatic carbocycles. The summed E-state index contributed by atoms with van der Waals surface area (Å²) in [6.45, 7) is 8.62. The number of likely N-dealkylation sites (tertiary alicyclic amines) is 1. The van der Waals surface area contributed by atoms with Gasteiger partial charge in [-0.1, -0.05) is 19.9 Å². The van der Waals surface area contributed by atoms with Crippen LogP contribution >= 0.6 is 0 Å². The van der Waals surface area contributed by atoms with Gasteiger partial charge < -0.3 is 5.11 Å². The van der Waals surface area contributed by atoms with Gasteiger partial charge in [-0.15, -0.1) is 0 Å². The van der Waals surface area contributed by atoms with Gasteiger partial charge in [0.2, 0.25) is 0 Å². The van der Waals surface area contributed by atoms with Gasteiger partial charge in [-0.05, 0) is 51.3 Å². The smallest absolute Gasteiger partial charge is 0.0988 e. The highest BCUT2D eigenvalue weighted by molar-refractivity contribution is 5.22. The zero-order valence-corrected chi connectivity index (χ0v) is 12.4. The highest BCUT2D eigenvalue weighted by atomic mass is 16.3. The molecular weight excluding hydrogens is 236 g/mol. The van der Waals surface area contributed by atoms with Crippen molar-refractivity contribution < 1.29 is 5.11 Å². The number of nitrogens with zero attached hydrogens (tertiary/aromatic N) is 2. The summed E-state index contributed by atoms with van der Waals surface area (Å²) in [6.07, 6.45) is 7.64. The van der Waals surface area contributed by atoms with Crippen LogP contribution in [0.1, 0.15) is 56.8 Å². The Balaban J connectivity index is 2.32. The Morgan fingerprint density at radius 1 is 1.26 bits per heavy atom. The molecule has 2 heterocycles.